The van der Waals surface area contributed by atoms with E-state index in [1.165, 1.54) is 47.1 Å². The predicted octanol–water partition coefficient (Wildman–Crippen LogP) is 9.03. The molecule has 0 heterocycles. The van der Waals surface area contributed by atoms with E-state index < -0.39 is 26.4 Å². The van der Waals surface area contributed by atoms with E-state index in [1.54, 1.807) is 7.05 Å². The molecule has 0 rings (SSSR count). The fourth-order valence-corrected chi connectivity index (χ4v) is 0.274. The third-order valence-corrected chi connectivity index (χ3v) is 2.26. The Kier molecular flexibility index (Phi) is 45.7. The lowest BCUT2D eigenvalue weighted by Gasteiger charge is -2.05. The quantitative estimate of drug-likeness (QED) is 0.349. The first kappa shape index (κ1) is 51.0. The van der Waals surface area contributed by atoms with Crippen molar-refractivity contribution in [3.63, 3.8) is 0 Å². The first-order valence-electron chi connectivity index (χ1n) is 5.40. The minimum atomic E-state index is -2.69. The SMILES string of the molecule is C.C.C.C.CNP(C)(=O)OC.CP(=O)(Cl)Cl.CP(C)(=O)Cl.CP(C)(=O)Cl. The van der Waals surface area contributed by atoms with E-state index in [4.69, 9.17) is 45.0 Å². The highest BCUT2D eigenvalue weighted by atomic mass is 35.9. The molecule has 0 aliphatic heterocycles. The summed E-state index contributed by atoms with van der Waals surface area (Å²) in [6.07, 6.45) is 0. The van der Waals surface area contributed by atoms with Gasteiger partial charge in [0, 0.05) is 47.1 Å². The van der Waals surface area contributed by atoms with Crippen LogP contribution in [-0.4, -0.2) is 54.1 Å². The van der Waals surface area contributed by atoms with Gasteiger partial charge >= 0.3 is 0 Å². The van der Waals surface area contributed by atoms with Gasteiger partial charge in [0.15, 0.2) is 13.0 Å². The highest BCUT2D eigenvalue weighted by molar-refractivity contribution is 8.08. The molecule has 0 aromatic carbocycles. The molecule has 0 aliphatic rings. The van der Waals surface area contributed by atoms with Crippen molar-refractivity contribution in [3.05, 3.63) is 0 Å². The van der Waals surface area contributed by atoms with Crippen molar-refractivity contribution in [3.8, 4) is 0 Å². The van der Waals surface area contributed by atoms with Gasteiger partial charge in [0.05, 0.1) is 0 Å². The van der Waals surface area contributed by atoms with Crippen LogP contribution in [0.1, 0.15) is 29.7 Å². The first-order chi connectivity index (χ1) is 9.12. The van der Waals surface area contributed by atoms with Crippen molar-refractivity contribution < 1.29 is 22.8 Å². The minimum Gasteiger partial charge on any atom is -0.321 e. The van der Waals surface area contributed by atoms with Gasteiger partial charge in [-0.2, -0.15) is 0 Å². The summed E-state index contributed by atoms with van der Waals surface area (Å²) in [7, 11) is 0.611. The lowest BCUT2D eigenvalue weighted by atomic mass is 11.6. The highest BCUT2D eigenvalue weighted by Gasteiger charge is 2.06. The molecular formula is C12H41Cl4NO5P4. The maximum Gasteiger partial charge on any atom is 0.266 e. The Labute approximate surface area is 182 Å². The standard InChI is InChI=1S/C3H10NO2P.2C2H6ClOP.CH3Cl2OP.4CH4/c1-4-7(3,5)6-2;3*1-5(2,3)4;;;;/h1-3H3,(H,4,5);2*1-2H3;1H3;4*1H4. The smallest absolute Gasteiger partial charge is 0.266 e. The van der Waals surface area contributed by atoms with Crippen molar-refractivity contribution >= 4 is 71.3 Å². The zero-order valence-corrected chi connectivity index (χ0v) is 20.4. The van der Waals surface area contributed by atoms with Gasteiger partial charge in [-0.1, -0.05) is 52.2 Å². The van der Waals surface area contributed by atoms with E-state index in [9.17, 15) is 18.3 Å². The highest BCUT2D eigenvalue weighted by Crippen LogP contribution is 2.52. The van der Waals surface area contributed by atoms with Gasteiger partial charge in [0.2, 0.25) is 5.85 Å². The third kappa shape index (κ3) is 254. The zero-order chi connectivity index (χ0) is 19.4. The summed E-state index contributed by atoms with van der Waals surface area (Å²) in [5.41, 5.74) is 0. The van der Waals surface area contributed by atoms with Crippen LogP contribution in [0.25, 0.3) is 0 Å². The lowest BCUT2D eigenvalue weighted by molar-refractivity contribution is 0.391. The van der Waals surface area contributed by atoms with Crippen molar-refractivity contribution in [2.75, 3.05) is 54.1 Å². The van der Waals surface area contributed by atoms with Crippen molar-refractivity contribution in [1.82, 2.24) is 5.09 Å². The average Bonchev–Trinajstić information content (AvgIpc) is 2.09. The molecule has 0 fully saturated rings. The van der Waals surface area contributed by atoms with E-state index in [2.05, 4.69) is 9.61 Å². The molecule has 0 aromatic rings. The molecule has 0 saturated carbocycles. The molecule has 1 atom stereocenters. The molecule has 0 amide bonds. The van der Waals surface area contributed by atoms with Gasteiger partial charge in [-0.15, -0.1) is 0 Å². The topological polar surface area (TPSA) is 89.5 Å². The molecule has 0 saturated heterocycles. The monoisotopic (exact) mass is 543 g/mol. The van der Waals surface area contributed by atoms with E-state index in [-0.39, 0.29) is 29.7 Å². The Bertz CT molecular complexity index is 382. The molecule has 0 radical (unpaired) electrons. The fraction of sp³-hybridized carbons (Fsp3) is 1.00. The van der Waals surface area contributed by atoms with Crippen LogP contribution in [0.3, 0.4) is 0 Å². The average molecular weight is 545 g/mol. The predicted molar refractivity (Wildman–Crippen MR) is 132 cm³/mol. The molecule has 0 aliphatic carbocycles. The van der Waals surface area contributed by atoms with Crippen LogP contribution >= 0.6 is 71.3 Å². The molecule has 0 spiro atoms. The van der Waals surface area contributed by atoms with Crippen molar-refractivity contribution in [1.29, 1.82) is 0 Å². The number of rotatable bonds is 2. The summed E-state index contributed by atoms with van der Waals surface area (Å²) < 4.78 is 44.9. The van der Waals surface area contributed by atoms with Gasteiger partial charge in [-0.05, 0) is 29.5 Å². The maximum absolute atomic E-state index is 10.6. The summed E-state index contributed by atoms with van der Waals surface area (Å²) >= 11 is 19.9. The molecule has 26 heavy (non-hydrogen) atoms. The number of nitrogens with one attached hydrogen (secondary N) is 1. The Balaban J connectivity index is -0.0000000266. The fourth-order valence-electron chi connectivity index (χ4n) is 0.0913. The Morgan fingerprint density at radius 3 is 0.769 bits per heavy atom. The van der Waals surface area contributed by atoms with Crippen LogP contribution in [0.2, 0.25) is 0 Å². The number of hydrogen-bond donors (Lipinski definition) is 1. The summed E-state index contributed by atoms with van der Waals surface area (Å²) in [5, 5.41) is 2.52. The summed E-state index contributed by atoms with van der Waals surface area (Å²) in [6.45, 7) is 4.50. The second kappa shape index (κ2) is 23.3. The second-order valence-corrected chi connectivity index (χ2v) is 22.5. The molecular weight excluding hydrogens is 504 g/mol. The Morgan fingerprint density at radius 1 is 0.654 bits per heavy atom. The summed E-state index contributed by atoms with van der Waals surface area (Å²) in [5.74, 6) is -2.69. The largest absolute Gasteiger partial charge is 0.321 e. The van der Waals surface area contributed by atoms with Crippen LogP contribution in [0, 0.1) is 0 Å². The van der Waals surface area contributed by atoms with Crippen LogP contribution < -0.4 is 5.09 Å². The lowest BCUT2D eigenvalue weighted by Crippen LogP contribution is -2.01. The van der Waals surface area contributed by atoms with E-state index in [0.717, 1.165) is 0 Å². The number of hydrogen-bond acceptors (Lipinski definition) is 5. The van der Waals surface area contributed by atoms with Gasteiger partial charge in [-0.3, -0.25) is 9.13 Å². The van der Waals surface area contributed by atoms with Gasteiger partial charge < -0.3 is 13.7 Å². The van der Waals surface area contributed by atoms with E-state index in [0.29, 0.717) is 0 Å². The van der Waals surface area contributed by atoms with Crippen molar-refractivity contribution in [2.45, 2.75) is 29.7 Å². The Hall–Kier alpha value is 2.00. The maximum atomic E-state index is 10.6. The van der Waals surface area contributed by atoms with E-state index >= 15 is 0 Å². The molecule has 0 bridgehead atoms. The molecule has 1 N–H and O–H groups in total. The van der Waals surface area contributed by atoms with E-state index in [1.807, 2.05) is 0 Å². The molecule has 6 nitrogen and oxygen atoms in total. The molecule has 1 unspecified atom stereocenters. The molecule has 172 valence electrons. The van der Waals surface area contributed by atoms with Crippen LogP contribution in [0.5, 0.6) is 0 Å². The minimum absolute atomic E-state index is 0. The van der Waals surface area contributed by atoms with Crippen LogP contribution in [0.15, 0.2) is 0 Å². The van der Waals surface area contributed by atoms with Crippen LogP contribution in [0.4, 0.5) is 0 Å². The Morgan fingerprint density at radius 2 is 0.769 bits per heavy atom. The van der Waals surface area contributed by atoms with Crippen molar-refractivity contribution in [2.24, 2.45) is 0 Å². The third-order valence-electron chi connectivity index (χ3n) is 0.755. The summed E-state index contributed by atoms with van der Waals surface area (Å²) in [4.78, 5) is 0. The second-order valence-electron chi connectivity index (χ2n) is 4.41. The number of halogens is 4. The van der Waals surface area contributed by atoms with Gasteiger partial charge in [0.1, 0.15) is 0 Å². The first-order valence-corrected chi connectivity index (χ1v) is 18.5. The molecule has 0 aromatic heterocycles. The van der Waals surface area contributed by atoms with Gasteiger partial charge in [-0.25, -0.2) is 5.09 Å². The van der Waals surface area contributed by atoms with Gasteiger partial charge in [0.25, 0.3) is 7.52 Å². The summed E-state index contributed by atoms with van der Waals surface area (Å²) in [6, 6.07) is 0. The van der Waals surface area contributed by atoms with Crippen LogP contribution in [-0.2, 0) is 22.8 Å². The zero-order valence-electron chi connectivity index (χ0n) is 13.8. The molecule has 14 heteroatoms. The normalized spacial score (nSPS) is 11.8.